The molecule has 0 saturated carbocycles. The van der Waals surface area contributed by atoms with Gasteiger partial charge in [0.2, 0.25) is 5.91 Å². The molecule has 2 aromatic rings. The standard InChI is InChI=1S/C30H44N8O5/c1-4-23(5-2)42-26-17-21(28(40)43-29(41)24(31)12-9-15-34-30(32)33)16-25(27(26)35-19(3)39)38-18-22(36-37-38)14-13-20-10-7-6-8-11-20/h6-8,10-11,16,18,23-27H,4-5,9,12-15,17,31H2,1-3H3,(H,35,39)(H4,32,33,34)/t24-,25?,26?,27?/m0/s1. The first-order chi connectivity index (χ1) is 20.6. The number of carbonyl (C=O) groups is 3. The summed E-state index contributed by atoms with van der Waals surface area (Å²) in [5.41, 5.74) is 13.4. The second-order valence-corrected chi connectivity index (χ2v) is 10.7. The summed E-state index contributed by atoms with van der Waals surface area (Å²) in [5.74, 6) is -2.10. The Balaban J connectivity index is 1.83. The van der Waals surface area contributed by atoms with Crippen LogP contribution in [0.3, 0.4) is 0 Å². The number of rotatable bonds is 15. The molecule has 0 aliphatic heterocycles. The number of nitrogens with two attached hydrogens (primary N) is 2. The maximum Gasteiger partial charge on any atom is 0.341 e. The smallest absolute Gasteiger partial charge is 0.341 e. The zero-order valence-electron chi connectivity index (χ0n) is 25.1. The van der Waals surface area contributed by atoms with Crippen LogP contribution in [0.4, 0.5) is 0 Å². The number of hydrogen-bond donors (Lipinski definition) is 5. The van der Waals surface area contributed by atoms with Gasteiger partial charge in [-0.3, -0.25) is 10.2 Å². The SMILES string of the molecule is CCC(CC)OC1CC(C(=O)OC(=O)[C@@H](N)CCCNC(=N)N)=CC(n2cc(CCc3ccccc3)nn2)C1NC(C)=O. The summed E-state index contributed by atoms with van der Waals surface area (Å²) in [6.45, 7) is 5.81. The van der Waals surface area contributed by atoms with Crippen molar-refractivity contribution in [2.45, 2.75) is 96.1 Å². The van der Waals surface area contributed by atoms with Crippen LogP contribution < -0.4 is 22.1 Å². The van der Waals surface area contributed by atoms with E-state index < -0.39 is 36.2 Å². The van der Waals surface area contributed by atoms with E-state index in [0.717, 1.165) is 25.0 Å². The van der Waals surface area contributed by atoms with E-state index in [0.29, 0.717) is 19.4 Å². The van der Waals surface area contributed by atoms with Gasteiger partial charge in [0.1, 0.15) is 6.04 Å². The Kier molecular flexibility index (Phi) is 12.8. The van der Waals surface area contributed by atoms with Gasteiger partial charge in [0.05, 0.1) is 30.0 Å². The fourth-order valence-electron chi connectivity index (χ4n) is 4.99. The van der Waals surface area contributed by atoms with Crippen LogP contribution in [0.1, 0.15) is 70.2 Å². The summed E-state index contributed by atoms with van der Waals surface area (Å²) in [6, 6.07) is 7.84. The van der Waals surface area contributed by atoms with Gasteiger partial charge in [-0.25, -0.2) is 14.3 Å². The molecule has 3 unspecified atom stereocenters. The van der Waals surface area contributed by atoms with Gasteiger partial charge in [-0.1, -0.05) is 49.4 Å². The first kappa shape index (κ1) is 33.4. The van der Waals surface area contributed by atoms with Crippen molar-refractivity contribution in [3.63, 3.8) is 0 Å². The van der Waals surface area contributed by atoms with Crippen molar-refractivity contribution in [3.8, 4) is 0 Å². The molecule has 0 radical (unpaired) electrons. The van der Waals surface area contributed by atoms with Crippen LogP contribution in [0.5, 0.6) is 0 Å². The predicted octanol–water partition coefficient (Wildman–Crippen LogP) is 1.67. The van der Waals surface area contributed by atoms with Crippen LogP contribution in [0.15, 0.2) is 48.2 Å². The van der Waals surface area contributed by atoms with Gasteiger partial charge in [-0.05, 0) is 50.2 Å². The van der Waals surface area contributed by atoms with Crippen molar-refractivity contribution in [3.05, 3.63) is 59.4 Å². The van der Waals surface area contributed by atoms with E-state index in [1.165, 1.54) is 12.5 Å². The maximum atomic E-state index is 13.3. The quantitative estimate of drug-likeness (QED) is 0.0662. The first-order valence-electron chi connectivity index (χ1n) is 14.8. The lowest BCUT2D eigenvalue weighted by molar-refractivity contribution is -0.158. The lowest BCUT2D eigenvalue weighted by Crippen LogP contribution is -2.52. The van der Waals surface area contributed by atoms with Crippen molar-refractivity contribution < 1.29 is 23.9 Å². The Morgan fingerprint density at radius 3 is 2.53 bits per heavy atom. The van der Waals surface area contributed by atoms with Crippen molar-refractivity contribution >= 4 is 23.8 Å². The van der Waals surface area contributed by atoms with E-state index in [1.807, 2.05) is 32.0 Å². The van der Waals surface area contributed by atoms with Crippen molar-refractivity contribution in [2.75, 3.05) is 6.54 Å². The van der Waals surface area contributed by atoms with Gasteiger partial charge >= 0.3 is 11.9 Å². The van der Waals surface area contributed by atoms with Crippen LogP contribution >= 0.6 is 0 Å². The number of esters is 2. The van der Waals surface area contributed by atoms with E-state index in [4.69, 9.17) is 26.4 Å². The number of ether oxygens (including phenoxy) is 2. The summed E-state index contributed by atoms with van der Waals surface area (Å²) in [4.78, 5) is 38.2. The topological polar surface area (TPSA) is 200 Å². The van der Waals surface area contributed by atoms with Crippen molar-refractivity contribution in [2.24, 2.45) is 11.5 Å². The molecule has 7 N–H and O–H groups in total. The van der Waals surface area contributed by atoms with Gasteiger partial charge in [0, 0.05) is 31.7 Å². The molecule has 0 spiro atoms. The van der Waals surface area contributed by atoms with Crippen molar-refractivity contribution in [1.82, 2.24) is 25.6 Å². The van der Waals surface area contributed by atoms with E-state index >= 15 is 0 Å². The molecule has 1 amide bonds. The molecule has 13 nitrogen and oxygen atoms in total. The summed E-state index contributed by atoms with van der Waals surface area (Å²) < 4.78 is 13.2. The number of benzene rings is 1. The van der Waals surface area contributed by atoms with Gasteiger partial charge in [0.25, 0.3) is 0 Å². The fourth-order valence-corrected chi connectivity index (χ4v) is 4.99. The third-order valence-corrected chi connectivity index (χ3v) is 7.35. The monoisotopic (exact) mass is 596 g/mol. The van der Waals surface area contributed by atoms with Gasteiger partial charge in [0.15, 0.2) is 5.96 Å². The molecule has 1 heterocycles. The van der Waals surface area contributed by atoms with Crippen LogP contribution in [0.2, 0.25) is 0 Å². The number of nitrogens with one attached hydrogen (secondary N) is 3. The highest BCUT2D eigenvalue weighted by Crippen LogP contribution is 2.32. The molecule has 234 valence electrons. The summed E-state index contributed by atoms with van der Waals surface area (Å²) in [6.07, 6.45) is 6.50. The molecule has 0 bridgehead atoms. The molecule has 1 aliphatic carbocycles. The largest absolute Gasteiger partial charge is 0.388 e. The number of aryl methyl sites for hydroxylation is 2. The highest BCUT2D eigenvalue weighted by Gasteiger charge is 2.40. The molecule has 4 atom stereocenters. The Morgan fingerprint density at radius 1 is 1.16 bits per heavy atom. The van der Waals surface area contributed by atoms with E-state index in [2.05, 4.69) is 33.1 Å². The minimum Gasteiger partial charge on any atom is -0.388 e. The number of carbonyl (C=O) groups excluding carboxylic acids is 3. The van der Waals surface area contributed by atoms with Crippen molar-refractivity contribution in [1.29, 1.82) is 5.41 Å². The maximum absolute atomic E-state index is 13.3. The summed E-state index contributed by atoms with van der Waals surface area (Å²) >= 11 is 0. The molecule has 3 rings (SSSR count). The average Bonchev–Trinajstić information content (AvgIpc) is 3.46. The Bertz CT molecular complexity index is 1260. The Hall–Kier alpha value is -4.10. The van der Waals surface area contributed by atoms with E-state index in [9.17, 15) is 14.4 Å². The number of amides is 1. The lowest BCUT2D eigenvalue weighted by Gasteiger charge is -2.38. The molecule has 43 heavy (non-hydrogen) atoms. The van der Waals surface area contributed by atoms with E-state index in [-0.39, 0.29) is 36.4 Å². The second-order valence-electron chi connectivity index (χ2n) is 10.7. The van der Waals surface area contributed by atoms with Gasteiger partial charge < -0.3 is 31.6 Å². The molecule has 1 aromatic heterocycles. The number of hydrogen-bond acceptors (Lipinski definition) is 9. The second kappa shape index (κ2) is 16.5. The minimum atomic E-state index is -1.02. The Morgan fingerprint density at radius 2 is 1.88 bits per heavy atom. The molecule has 13 heteroatoms. The third kappa shape index (κ3) is 10.3. The Labute approximate surface area is 252 Å². The lowest BCUT2D eigenvalue weighted by atomic mass is 9.87. The molecular formula is C30H44N8O5. The number of guanidine groups is 1. The number of aromatic nitrogens is 3. The average molecular weight is 597 g/mol. The minimum absolute atomic E-state index is 0.104. The molecule has 0 saturated heterocycles. The third-order valence-electron chi connectivity index (χ3n) is 7.35. The van der Waals surface area contributed by atoms with Crippen LogP contribution in [-0.2, 0) is 36.7 Å². The number of nitrogens with zero attached hydrogens (tertiary/aromatic N) is 3. The molecule has 1 aliphatic rings. The first-order valence-corrected chi connectivity index (χ1v) is 14.8. The fraction of sp³-hybridized carbons (Fsp3) is 0.533. The van der Waals surface area contributed by atoms with Gasteiger partial charge in [-0.2, -0.15) is 0 Å². The zero-order valence-corrected chi connectivity index (χ0v) is 25.1. The molecular weight excluding hydrogens is 552 g/mol. The van der Waals surface area contributed by atoms with Gasteiger partial charge in [-0.15, -0.1) is 5.10 Å². The van der Waals surface area contributed by atoms with Crippen LogP contribution in [0, 0.1) is 5.41 Å². The van der Waals surface area contributed by atoms with Crippen LogP contribution in [0.25, 0.3) is 0 Å². The highest BCUT2D eigenvalue weighted by atomic mass is 16.6. The highest BCUT2D eigenvalue weighted by molar-refractivity contribution is 5.97. The normalized spacial score (nSPS) is 18.9. The van der Waals surface area contributed by atoms with Crippen LogP contribution in [-0.4, -0.2) is 69.6 Å². The summed E-state index contributed by atoms with van der Waals surface area (Å²) in [5, 5.41) is 21.5. The summed E-state index contributed by atoms with van der Waals surface area (Å²) in [7, 11) is 0. The van der Waals surface area contributed by atoms with E-state index in [1.54, 1.807) is 17.0 Å². The molecule has 1 aromatic carbocycles. The predicted molar refractivity (Wildman–Crippen MR) is 161 cm³/mol. The zero-order chi connectivity index (χ0) is 31.4. The molecule has 0 fully saturated rings.